The van der Waals surface area contributed by atoms with Crippen molar-refractivity contribution >= 4 is 72.3 Å². The zero-order valence-electron chi connectivity index (χ0n) is 69.3. The largest absolute Gasteiger partial charge is 0.495 e. The third-order valence-electron chi connectivity index (χ3n) is 24.6. The number of aryl methyl sites for hydroxylation is 3. The molecular formula is C91H101BBrF14N9O4S2. The standard InChI is InChI=1S/C24H25F4N5O2S2.2C22H25F3N2.C16H23BO2.C7H3BrF4/c1-31-9-11-32(12-10-31)21-13-17(24(26,27)28)5-6-20(21)19-4-2-3-16-15-33(8-7-18(16)19)37(34,35)30-23-29-14-22(25)36-23;2*1-26-11-13-27(14-12-26)21-15-17(22(23,24)25)9-10-20(21)19-8-4-6-16-5-2-3-7-18(16)19;1-15(2)16(3,4)19-17(18-15)14-11-7-9-12-8-5-6-10-13(12)14;8-5-2-1-4(3-6(5)9)7(10,11)12/h2-6,13-14H,7-12,15H2,1H3,(H,29,30);2*4,6,8-10,15H,2-3,5,7,11-14H2,1H3;7,9,11H,5-6,8,10H2,1-4H3;1-3H. The summed E-state index contributed by atoms with van der Waals surface area (Å²) in [6.07, 6.45) is -2.51. The van der Waals surface area contributed by atoms with E-state index in [0.717, 1.165) is 185 Å². The number of halogens is 15. The average Bonchev–Trinajstić information content (AvgIpc) is 1.70. The molecule has 0 unspecified atom stereocenters. The van der Waals surface area contributed by atoms with Crippen molar-refractivity contribution in [2.45, 2.75) is 154 Å². The predicted molar refractivity (Wildman–Crippen MR) is 460 cm³/mol. The molecule has 6 heterocycles. The molecule has 8 aliphatic rings. The Labute approximate surface area is 717 Å². The van der Waals surface area contributed by atoms with Crippen LogP contribution in [0.1, 0.15) is 133 Å². The minimum absolute atomic E-state index is 0.0236. The maximum atomic E-state index is 13.6. The fourth-order valence-electron chi connectivity index (χ4n) is 17.0. The average molecular weight is 1810 g/mol. The van der Waals surface area contributed by atoms with Gasteiger partial charge in [-0.1, -0.05) is 102 Å². The molecule has 31 heteroatoms. The lowest BCUT2D eigenvalue weighted by Crippen LogP contribution is -2.44. The van der Waals surface area contributed by atoms with E-state index >= 15 is 0 Å². The van der Waals surface area contributed by atoms with Crippen molar-refractivity contribution in [1.29, 1.82) is 0 Å². The third-order valence-corrected chi connectivity index (χ3v) is 27.5. The lowest BCUT2D eigenvalue weighted by molar-refractivity contribution is -0.138. The summed E-state index contributed by atoms with van der Waals surface area (Å²) in [7, 11) is 1.91. The van der Waals surface area contributed by atoms with Crippen LogP contribution in [0, 0.1) is 10.9 Å². The minimum Gasteiger partial charge on any atom is -0.399 e. The molecular weight excluding hydrogens is 1700 g/mol. The number of rotatable bonds is 10. The maximum Gasteiger partial charge on any atom is 0.495 e. The highest BCUT2D eigenvalue weighted by Gasteiger charge is 2.52. The minimum atomic E-state index is -4.48. The van der Waals surface area contributed by atoms with Crippen LogP contribution in [0.2, 0.25) is 0 Å². The second-order valence-corrected chi connectivity index (χ2v) is 36.9. The second kappa shape index (κ2) is 38.0. The molecule has 122 heavy (non-hydrogen) atoms. The van der Waals surface area contributed by atoms with E-state index in [1.165, 1.54) is 112 Å². The molecule has 0 bridgehead atoms. The molecule has 0 radical (unpaired) electrons. The Bertz CT molecular complexity index is 5120. The molecule has 0 saturated carbocycles. The molecule has 0 amide bonds. The molecule has 0 atom stereocenters. The number of anilines is 4. The zero-order valence-corrected chi connectivity index (χ0v) is 72.5. The van der Waals surface area contributed by atoms with Crippen molar-refractivity contribution in [2.24, 2.45) is 0 Å². The molecule has 3 aliphatic carbocycles. The molecule has 8 aromatic carbocycles. The number of piperazine rings is 3. The first-order valence-electron chi connectivity index (χ1n) is 41.3. The molecule has 1 aromatic heterocycles. The molecule has 5 aliphatic heterocycles. The summed E-state index contributed by atoms with van der Waals surface area (Å²) in [6, 6.07) is 39.3. The van der Waals surface area contributed by atoms with E-state index in [1.54, 1.807) is 18.2 Å². The van der Waals surface area contributed by atoms with Gasteiger partial charge in [-0.15, -0.1) is 0 Å². The van der Waals surface area contributed by atoms with Gasteiger partial charge in [0.1, 0.15) is 5.82 Å². The number of nitrogens with one attached hydrogen (secondary N) is 1. The number of hydrogen-bond donors (Lipinski definition) is 1. The number of alkyl halides is 12. The van der Waals surface area contributed by atoms with Gasteiger partial charge < -0.3 is 38.7 Å². The van der Waals surface area contributed by atoms with Crippen LogP contribution < -0.4 is 24.9 Å². The lowest BCUT2D eigenvalue weighted by atomic mass is 9.72. The smallest absolute Gasteiger partial charge is 0.399 e. The first kappa shape index (κ1) is 91.6. The fraction of sp³-hybridized carbons (Fsp3) is 0.440. The predicted octanol–water partition coefficient (Wildman–Crippen LogP) is 20.9. The van der Waals surface area contributed by atoms with E-state index in [-0.39, 0.29) is 41.0 Å². The summed E-state index contributed by atoms with van der Waals surface area (Å²) < 4.78 is 224. The lowest BCUT2D eigenvalue weighted by Gasteiger charge is -2.36. The topological polar surface area (TPSA) is 100 Å². The van der Waals surface area contributed by atoms with Crippen molar-refractivity contribution in [3.63, 3.8) is 0 Å². The van der Waals surface area contributed by atoms with Crippen LogP contribution in [0.5, 0.6) is 0 Å². The van der Waals surface area contributed by atoms with Crippen LogP contribution in [0.4, 0.5) is 83.7 Å². The van der Waals surface area contributed by atoms with Gasteiger partial charge in [-0.3, -0.25) is 0 Å². The Morgan fingerprint density at radius 1 is 0.418 bits per heavy atom. The van der Waals surface area contributed by atoms with E-state index in [4.69, 9.17) is 9.31 Å². The van der Waals surface area contributed by atoms with Crippen LogP contribution in [-0.2, 0) is 95.7 Å². The maximum absolute atomic E-state index is 13.6. The van der Waals surface area contributed by atoms with E-state index in [0.29, 0.717) is 48.2 Å². The van der Waals surface area contributed by atoms with Crippen molar-refractivity contribution in [2.75, 3.05) is 126 Å². The number of thiazole rings is 1. The Morgan fingerprint density at radius 3 is 1.14 bits per heavy atom. The van der Waals surface area contributed by atoms with E-state index in [1.807, 2.05) is 36.2 Å². The summed E-state index contributed by atoms with van der Waals surface area (Å²) in [4.78, 5) is 16.5. The number of nitrogens with zero attached hydrogens (tertiary/aromatic N) is 8. The van der Waals surface area contributed by atoms with Crippen molar-refractivity contribution in [3.8, 4) is 33.4 Å². The molecule has 9 aromatic rings. The SMILES string of the molecule is CC1(C)OB(c2cccc3c2CCCC3)OC1(C)C.CN1CCN(c2cc(C(F)(F)F)ccc2-c2cccc3c2CCCC3)CC1.CN1CCN(c2cc(C(F)(F)F)ccc2-c2cccc3c2CCCC3)CC1.CN1CCN(c2cc(C(F)(F)F)ccc2-c2cccc3c2CCN(S(=O)(=O)Nc2ncc(F)s2)C3)CC1.Fc1cc(C(F)(F)F)ccc1Br. The molecule has 654 valence electrons. The number of likely N-dealkylation sites (N-methyl/N-ethyl adjacent to an activating group) is 3. The number of hydrogen-bond acceptors (Lipinski definition) is 12. The van der Waals surface area contributed by atoms with Crippen LogP contribution in [-0.4, -0.2) is 157 Å². The van der Waals surface area contributed by atoms with Gasteiger partial charge in [0.25, 0.3) is 0 Å². The van der Waals surface area contributed by atoms with Crippen LogP contribution >= 0.6 is 27.3 Å². The molecule has 17 rings (SSSR count). The van der Waals surface area contributed by atoms with Crippen LogP contribution in [0.25, 0.3) is 33.4 Å². The summed E-state index contributed by atoms with van der Waals surface area (Å²) in [6.45, 7) is 17.8. The van der Waals surface area contributed by atoms with Crippen LogP contribution in [0.15, 0.2) is 156 Å². The van der Waals surface area contributed by atoms with Crippen LogP contribution in [0.3, 0.4) is 0 Å². The summed E-state index contributed by atoms with van der Waals surface area (Å²) in [5.74, 6) is -0.912. The highest BCUT2D eigenvalue weighted by atomic mass is 79.9. The van der Waals surface area contributed by atoms with E-state index in [9.17, 15) is 69.9 Å². The third kappa shape index (κ3) is 21.8. The van der Waals surface area contributed by atoms with Gasteiger partial charge in [-0.25, -0.2) is 14.1 Å². The van der Waals surface area contributed by atoms with Crippen molar-refractivity contribution in [1.82, 2.24) is 24.0 Å². The molecule has 4 saturated heterocycles. The fourth-order valence-corrected chi connectivity index (χ4v) is 19.2. The molecule has 0 spiro atoms. The normalized spacial score (nSPS) is 18.4. The van der Waals surface area contributed by atoms with Gasteiger partial charge in [-0.2, -0.15) is 69.8 Å². The Hall–Kier alpha value is -8.14. The van der Waals surface area contributed by atoms with Gasteiger partial charge in [0.2, 0.25) is 0 Å². The molecule has 1 N–H and O–H groups in total. The monoisotopic (exact) mass is 1800 g/mol. The van der Waals surface area contributed by atoms with Gasteiger partial charge in [-0.05, 0) is 269 Å². The zero-order chi connectivity index (χ0) is 87.4. The van der Waals surface area contributed by atoms with Crippen molar-refractivity contribution < 1.29 is 79.2 Å². The van der Waals surface area contributed by atoms with E-state index < -0.39 is 68.1 Å². The quantitative estimate of drug-likeness (QED) is 0.105. The first-order valence-corrected chi connectivity index (χ1v) is 44.4. The Balaban J connectivity index is 0.000000137. The Kier molecular flexibility index (Phi) is 28.5. The molecule has 13 nitrogen and oxygen atoms in total. The Morgan fingerprint density at radius 2 is 0.762 bits per heavy atom. The summed E-state index contributed by atoms with van der Waals surface area (Å²) in [5.41, 5.74) is 15.4. The summed E-state index contributed by atoms with van der Waals surface area (Å²) in [5, 5.41) is -0.655. The number of fused-ring (bicyclic) bond motifs is 4. The van der Waals surface area contributed by atoms with Gasteiger partial charge in [0.05, 0.1) is 44.1 Å². The highest BCUT2D eigenvalue weighted by molar-refractivity contribution is 9.10. The molecule has 4 fully saturated rings. The van der Waals surface area contributed by atoms with Crippen molar-refractivity contribution in [3.05, 3.63) is 234 Å². The van der Waals surface area contributed by atoms with Gasteiger partial charge >= 0.3 is 42.0 Å². The highest BCUT2D eigenvalue weighted by Crippen LogP contribution is 2.47. The first-order chi connectivity index (χ1) is 57.7. The van der Waals surface area contributed by atoms with Gasteiger partial charge in [0, 0.05) is 125 Å². The number of benzene rings is 8. The number of aromatic nitrogens is 1. The van der Waals surface area contributed by atoms with Gasteiger partial charge in [0.15, 0.2) is 10.3 Å². The van der Waals surface area contributed by atoms with E-state index in [2.05, 4.69) is 134 Å². The second-order valence-electron chi connectivity index (χ2n) is 33.4. The summed E-state index contributed by atoms with van der Waals surface area (Å²) >= 11 is 3.35.